The lowest BCUT2D eigenvalue weighted by molar-refractivity contribution is -0.176. The van der Waals surface area contributed by atoms with Crippen LogP contribution in [0.5, 0.6) is 0 Å². The Labute approximate surface area is 460 Å². The highest BCUT2D eigenvalue weighted by Gasteiger charge is 2.53. The van der Waals surface area contributed by atoms with Gasteiger partial charge < -0.3 is 43.0 Å². The number of hydrogen-bond donors (Lipinski definition) is 0. The Kier molecular flexibility index (Phi) is 46.0. The number of unbranched alkanes of at least 4 members (excludes halogenated alkanes) is 18. The molecule has 0 N–H and O–H groups in total. The highest BCUT2D eigenvalue weighted by atomic mass is 16.6. The molecule has 1 aliphatic rings. The van der Waals surface area contributed by atoms with Crippen molar-refractivity contribution in [3.05, 3.63) is 0 Å². The van der Waals surface area contributed by atoms with Gasteiger partial charge in [-0.25, -0.2) is 0 Å². The Morgan fingerprint density at radius 2 is 0.827 bits per heavy atom. The first kappa shape index (κ1) is 70.7. The minimum absolute atomic E-state index is 0.0127. The predicted molar refractivity (Wildman–Crippen MR) is 305 cm³/mol. The average Bonchev–Trinajstić information content (AvgIpc) is 3.72. The largest absolute Gasteiger partial charge is 0.466 e. The van der Waals surface area contributed by atoms with E-state index in [9.17, 15) is 19.2 Å². The van der Waals surface area contributed by atoms with Crippen molar-refractivity contribution >= 4 is 23.9 Å². The van der Waals surface area contributed by atoms with Crippen LogP contribution in [0.3, 0.4) is 0 Å². The van der Waals surface area contributed by atoms with E-state index < -0.39 is 17.8 Å². The third-order valence-corrected chi connectivity index (χ3v) is 14.9. The molecule has 0 amide bonds. The van der Waals surface area contributed by atoms with Crippen LogP contribution >= 0.6 is 0 Å². The van der Waals surface area contributed by atoms with Gasteiger partial charge >= 0.3 is 23.9 Å². The molecule has 0 aromatic carbocycles. The van der Waals surface area contributed by atoms with Gasteiger partial charge in [-0.1, -0.05) is 182 Å². The maximum Gasteiger partial charge on any atom is 0.305 e. The Bertz CT molecular complexity index is 1350. The number of nitrogens with zero attached hydrogens (tertiary/aromatic N) is 2. The quantitative estimate of drug-likeness (QED) is 0.0325. The molecule has 1 saturated heterocycles. The third kappa shape index (κ3) is 39.7. The molecule has 1 aliphatic heterocycles. The van der Waals surface area contributed by atoms with Crippen molar-refractivity contribution in [3.8, 4) is 0 Å². The predicted octanol–water partition coefficient (Wildman–Crippen LogP) is 14.2. The first-order valence-electron chi connectivity index (χ1n) is 31.2. The van der Waals surface area contributed by atoms with Crippen LogP contribution in [0.25, 0.3) is 0 Å². The maximum absolute atomic E-state index is 13.1. The number of ether oxygens (including phenoxy) is 7. The molecule has 0 saturated carbocycles. The molecule has 0 spiro atoms. The summed E-state index contributed by atoms with van der Waals surface area (Å²) in [5.74, 6) is 0.608. The third-order valence-electron chi connectivity index (χ3n) is 14.9. The van der Waals surface area contributed by atoms with Gasteiger partial charge in [0.15, 0.2) is 5.60 Å². The van der Waals surface area contributed by atoms with Gasteiger partial charge in [0.2, 0.25) is 0 Å². The first-order valence-corrected chi connectivity index (χ1v) is 31.2. The standard InChI is InChI=1S/C62H118N2O11/c1-9-13-25-35-54(36-26-14-10-2)43-49-69-57(65)39-29-21-17-19-23-31-47-71-61-56(51-72-59(67)41-33-45-63(5)6)73-52-62(61,53-74-60(68)42-34-46-64(7)8)75-48-32-24-20-18-22-30-40-58(66)70-50-44-55(37-27-15-11-3)38-28-16-12-4/h54-56,61H,9-53H2,1-8H3/t56-,61?,62?/m1/s1. The summed E-state index contributed by atoms with van der Waals surface area (Å²) in [6.45, 7) is 12.7. The average molecular weight is 1070 g/mol. The summed E-state index contributed by atoms with van der Waals surface area (Å²) in [6.07, 6.45) is 35.1. The van der Waals surface area contributed by atoms with E-state index in [1.54, 1.807) is 0 Å². The smallest absolute Gasteiger partial charge is 0.305 e. The number of rotatable bonds is 54. The molecule has 1 fully saturated rings. The van der Waals surface area contributed by atoms with Crippen molar-refractivity contribution in [1.29, 1.82) is 0 Å². The monoisotopic (exact) mass is 1070 g/mol. The fourth-order valence-electron chi connectivity index (χ4n) is 10.1. The van der Waals surface area contributed by atoms with Crippen molar-refractivity contribution in [2.45, 2.75) is 277 Å². The normalized spacial score (nSPS) is 16.7. The van der Waals surface area contributed by atoms with Gasteiger partial charge in [-0.3, -0.25) is 19.2 Å². The molecule has 75 heavy (non-hydrogen) atoms. The first-order chi connectivity index (χ1) is 36.4. The summed E-state index contributed by atoms with van der Waals surface area (Å²) in [5, 5.41) is 0. The van der Waals surface area contributed by atoms with Crippen LogP contribution in [0.1, 0.15) is 259 Å². The molecule has 0 aromatic rings. The number of esters is 4. The van der Waals surface area contributed by atoms with Gasteiger partial charge in [-0.2, -0.15) is 0 Å². The molecule has 1 heterocycles. The van der Waals surface area contributed by atoms with Crippen LogP contribution in [0, 0.1) is 11.8 Å². The number of hydrogen-bond acceptors (Lipinski definition) is 13. The molecule has 3 atom stereocenters. The Balaban J connectivity index is 2.75. The Morgan fingerprint density at radius 1 is 0.440 bits per heavy atom. The lowest BCUT2D eigenvalue weighted by atomic mass is 9.92. The summed E-state index contributed by atoms with van der Waals surface area (Å²) >= 11 is 0. The maximum atomic E-state index is 13.1. The van der Waals surface area contributed by atoms with E-state index in [2.05, 4.69) is 27.7 Å². The van der Waals surface area contributed by atoms with Gasteiger partial charge in [0.05, 0.1) is 19.8 Å². The van der Waals surface area contributed by atoms with Gasteiger partial charge in [-0.05, 0) is 104 Å². The summed E-state index contributed by atoms with van der Waals surface area (Å²) in [7, 11) is 7.94. The Hall–Kier alpha value is -2.32. The molecule has 13 heteroatoms. The molecule has 2 unspecified atom stereocenters. The molecular weight excluding hydrogens is 949 g/mol. The van der Waals surface area contributed by atoms with Crippen molar-refractivity contribution < 1.29 is 52.3 Å². The van der Waals surface area contributed by atoms with E-state index in [-0.39, 0.29) is 43.7 Å². The van der Waals surface area contributed by atoms with E-state index in [1.165, 1.54) is 103 Å². The van der Waals surface area contributed by atoms with E-state index in [0.29, 0.717) is 76.8 Å². The van der Waals surface area contributed by atoms with Gasteiger partial charge in [0.25, 0.3) is 0 Å². The fourth-order valence-corrected chi connectivity index (χ4v) is 10.1. The van der Waals surface area contributed by atoms with E-state index >= 15 is 0 Å². The van der Waals surface area contributed by atoms with Crippen LogP contribution in [-0.4, -0.2) is 139 Å². The number of carbonyl (C=O) groups excluding carboxylic acids is 4. The van der Waals surface area contributed by atoms with E-state index in [0.717, 1.165) is 103 Å². The topological polar surface area (TPSA) is 139 Å². The van der Waals surface area contributed by atoms with Crippen LogP contribution in [0.4, 0.5) is 0 Å². The van der Waals surface area contributed by atoms with Crippen molar-refractivity contribution in [2.24, 2.45) is 11.8 Å². The second-order valence-corrected chi connectivity index (χ2v) is 22.7. The minimum atomic E-state index is -1.05. The molecule has 0 radical (unpaired) electrons. The lowest BCUT2D eigenvalue weighted by Crippen LogP contribution is -2.53. The molecule has 0 bridgehead atoms. The van der Waals surface area contributed by atoms with E-state index in [1.807, 2.05) is 38.0 Å². The van der Waals surface area contributed by atoms with Crippen LogP contribution in [0.2, 0.25) is 0 Å². The Morgan fingerprint density at radius 3 is 1.27 bits per heavy atom. The van der Waals surface area contributed by atoms with E-state index in [4.69, 9.17) is 33.2 Å². The highest BCUT2D eigenvalue weighted by Crippen LogP contribution is 2.34. The van der Waals surface area contributed by atoms with Crippen LogP contribution in [-0.2, 0) is 52.3 Å². The second-order valence-electron chi connectivity index (χ2n) is 22.7. The van der Waals surface area contributed by atoms with Gasteiger partial charge in [0.1, 0.15) is 25.4 Å². The summed E-state index contributed by atoms with van der Waals surface area (Å²) in [4.78, 5) is 55.1. The zero-order chi connectivity index (χ0) is 55.0. The molecule has 13 nitrogen and oxygen atoms in total. The lowest BCUT2D eigenvalue weighted by Gasteiger charge is -2.34. The van der Waals surface area contributed by atoms with Gasteiger partial charge in [-0.15, -0.1) is 0 Å². The summed E-state index contributed by atoms with van der Waals surface area (Å²) in [5.41, 5.74) is -1.05. The minimum Gasteiger partial charge on any atom is -0.466 e. The SMILES string of the molecule is CCCCCC(CCCCC)CCOC(=O)CCCCCCCCOC1[C@@H](COC(=O)CCCN(C)C)OCC1(COC(=O)CCCN(C)C)OCCCCCCCCC(=O)OCCC(CCCCC)CCCCC. The fraction of sp³-hybridized carbons (Fsp3) is 0.935. The van der Waals surface area contributed by atoms with Gasteiger partial charge in [0, 0.05) is 38.9 Å². The molecule has 0 aliphatic carbocycles. The summed E-state index contributed by atoms with van der Waals surface area (Å²) in [6, 6.07) is 0. The van der Waals surface area contributed by atoms with Crippen molar-refractivity contribution in [1.82, 2.24) is 9.80 Å². The molecular formula is C62H118N2O11. The zero-order valence-electron chi connectivity index (χ0n) is 50.0. The van der Waals surface area contributed by atoms with Crippen molar-refractivity contribution in [3.63, 3.8) is 0 Å². The molecule has 442 valence electrons. The van der Waals surface area contributed by atoms with Crippen LogP contribution < -0.4 is 0 Å². The molecule has 0 aromatic heterocycles. The summed E-state index contributed by atoms with van der Waals surface area (Å²) < 4.78 is 42.8. The number of carbonyl (C=O) groups is 4. The zero-order valence-corrected chi connectivity index (χ0v) is 50.0. The van der Waals surface area contributed by atoms with Crippen LogP contribution in [0.15, 0.2) is 0 Å². The highest BCUT2D eigenvalue weighted by molar-refractivity contribution is 5.70. The van der Waals surface area contributed by atoms with Crippen molar-refractivity contribution in [2.75, 3.05) is 87.5 Å². The second kappa shape index (κ2) is 48.8. The molecule has 1 rings (SSSR count).